The van der Waals surface area contributed by atoms with Crippen molar-refractivity contribution in [3.05, 3.63) is 52.7 Å². The highest BCUT2D eigenvalue weighted by Crippen LogP contribution is 2.28. The Labute approximate surface area is 111 Å². The summed E-state index contributed by atoms with van der Waals surface area (Å²) in [6.45, 7) is 2.00. The second kappa shape index (κ2) is 5.85. The highest BCUT2D eigenvalue weighted by Gasteiger charge is 2.06. The van der Waals surface area contributed by atoms with Gasteiger partial charge in [0.25, 0.3) is 0 Å². The van der Waals surface area contributed by atoms with Gasteiger partial charge < -0.3 is 9.84 Å². The fourth-order valence-corrected chi connectivity index (χ4v) is 1.79. The summed E-state index contributed by atoms with van der Waals surface area (Å²) in [5, 5.41) is 9.36. The average Bonchev–Trinajstić information content (AvgIpc) is 2.41. The number of aromatic nitrogens is 1. The Morgan fingerprint density at radius 1 is 1.28 bits per heavy atom. The first-order valence-electron chi connectivity index (χ1n) is 5.75. The van der Waals surface area contributed by atoms with Gasteiger partial charge >= 0.3 is 0 Å². The molecule has 0 amide bonds. The Hall–Kier alpha value is -1.58. The summed E-state index contributed by atoms with van der Waals surface area (Å²) < 4.78 is 5.63. The van der Waals surface area contributed by atoms with Gasteiger partial charge in [-0.1, -0.05) is 30.7 Å². The van der Waals surface area contributed by atoms with Gasteiger partial charge in [-0.3, -0.25) is 0 Å². The lowest BCUT2D eigenvalue weighted by Crippen LogP contribution is -1.92. The summed E-state index contributed by atoms with van der Waals surface area (Å²) in [6, 6.07) is 9.43. The number of aryl methyl sites for hydroxylation is 1. The topological polar surface area (TPSA) is 42.4 Å². The van der Waals surface area contributed by atoms with E-state index in [1.807, 2.05) is 24.3 Å². The monoisotopic (exact) mass is 263 g/mol. The fourth-order valence-electron chi connectivity index (χ4n) is 1.57. The van der Waals surface area contributed by atoms with Crippen LogP contribution in [0.3, 0.4) is 0 Å². The van der Waals surface area contributed by atoms with Gasteiger partial charge in [0, 0.05) is 6.20 Å². The van der Waals surface area contributed by atoms with E-state index in [1.165, 1.54) is 5.56 Å². The number of benzene rings is 1. The summed E-state index contributed by atoms with van der Waals surface area (Å²) in [5.74, 6) is 1.06. The zero-order valence-electron chi connectivity index (χ0n) is 10.1. The van der Waals surface area contributed by atoms with Crippen molar-refractivity contribution in [1.82, 2.24) is 4.98 Å². The van der Waals surface area contributed by atoms with Crippen molar-refractivity contribution in [2.24, 2.45) is 0 Å². The van der Waals surface area contributed by atoms with Crippen molar-refractivity contribution in [1.29, 1.82) is 0 Å². The van der Waals surface area contributed by atoms with Gasteiger partial charge in [-0.05, 0) is 35.7 Å². The molecule has 2 rings (SSSR count). The minimum Gasteiger partial charge on any atom is -0.438 e. The first-order valence-corrected chi connectivity index (χ1v) is 6.12. The minimum atomic E-state index is -0.0850. The van der Waals surface area contributed by atoms with Crippen LogP contribution < -0.4 is 4.74 Å². The van der Waals surface area contributed by atoms with Crippen LogP contribution in [0.5, 0.6) is 11.6 Å². The van der Waals surface area contributed by atoms with E-state index in [2.05, 4.69) is 11.9 Å². The predicted molar refractivity (Wildman–Crippen MR) is 71.1 cm³/mol. The normalized spacial score (nSPS) is 10.4. The second-order valence-corrected chi connectivity index (χ2v) is 4.30. The van der Waals surface area contributed by atoms with Crippen LogP contribution in [0.2, 0.25) is 5.02 Å². The van der Waals surface area contributed by atoms with E-state index in [0.717, 1.165) is 6.42 Å². The van der Waals surface area contributed by atoms with Gasteiger partial charge in [0.05, 0.1) is 6.61 Å². The van der Waals surface area contributed by atoms with Gasteiger partial charge in [-0.25, -0.2) is 4.98 Å². The van der Waals surface area contributed by atoms with E-state index in [0.29, 0.717) is 22.2 Å². The fraction of sp³-hybridized carbons (Fsp3) is 0.214. The molecule has 0 atom stereocenters. The maximum absolute atomic E-state index is 8.97. The highest BCUT2D eigenvalue weighted by molar-refractivity contribution is 6.31. The first-order chi connectivity index (χ1) is 8.72. The molecule has 1 N–H and O–H groups in total. The quantitative estimate of drug-likeness (QED) is 0.917. The van der Waals surface area contributed by atoms with E-state index >= 15 is 0 Å². The Morgan fingerprint density at radius 2 is 2.11 bits per heavy atom. The van der Waals surface area contributed by atoms with Gasteiger partial charge in [-0.2, -0.15) is 0 Å². The Bertz CT molecular complexity index is 543. The van der Waals surface area contributed by atoms with Crippen LogP contribution in [0.15, 0.2) is 36.5 Å². The molecule has 0 spiro atoms. The third-order valence-electron chi connectivity index (χ3n) is 2.57. The minimum absolute atomic E-state index is 0.0850. The lowest BCUT2D eigenvalue weighted by molar-refractivity contribution is 0.281. The standard InChI is InChI=1S/C14H14ClNO2/c1-2-10-4-3-5-12(6-10)18-14-13(15)7-11(9-17)8-16-14/h3-8,17H,2,9H2,1H3. The van der Waals surface area contributed by atoms with E-state index < -0.39 is 0 Å². The van der Waals surface area contributed by atoms with Crippen molar-refractivity contribution in [3.8, 4) is 11.6 Å². The zero-order valence-corrected chi connectivity index (χ0v) is 10.8. The van der Waals surface area contributed by atoms with Crippen LogP contribution in [0, 0.1) is 0 Å². The summed E-state index contributed by atoms with van der Waals surface area (Å²) in [6.07, 6.45) is 2.49. The first kappa shape index (κ1) is 12.9. The van der Waals surface area contributed by atoms with E-state index in [-0.39, 0.29) is 6.61 Å². The smallest absolute Gasteiger partial charge is 0.238 e. The van der Waals surface area contributed by atoms with Crippen molar-refractivity contribution >= 4 is 11.6 Å². The molecule has 0 aliphatic heterocycles. The number of ether oxygens (including phenoxy) is 1. The highest BCUT2D eigenvalue weighted by atomic mass is 35.5. The molecule has 0 fully saturated rings. The summed E-state index contributed by atoms with van der Waals surface area (Å²) >= 11 is 6.03. The molecule has 0 unspecified atom stereocenters. The number of halogens is 1. The molecule has 0 radical (unpaired) electrons. The molecule has 2 aromatic rings. The molecule has 1 heterocycles. The molecule has 0 saturated heterocycles. The third kappa shape index (κ3) is 3.00. The number of aliphatic hydroxyl groups is 1. The molecular formula is C14H14ClNO2. The second-order valence-electron chi connectivity index (χ2n) is 3.89. The lowest BCUT2D eigenvalue weighted by Gasteiger charge is -2.08. The number of hydrogen-bond donors (Lipinski definition) is 1. The summed E-state index contributed by atoms with van der Waals surface area (Å²) in [4.78, 5) is 4.09. The Balaban J connectivity index is 2.22. The maximum atomic E-state index is 8.97. The number of aliphatic hydroxyl groups excluding tert-OH is 1. The van der Waals surface area contributed by atoms with Crippen LogP contribution in [0.4, 0.5) is 0 Å². The Morgan fingerprint density at radius 3 is 2.78 bits per heavy atom. The molecule has 0 aliphatic rings. The molecule has 4 heteroatoms. The number of pyridine rings is 1. The maximum Gasteiger partial charge on any atom is 0.238 e. The van der Waals surface area contributed by atoms with E-state index in [1.54, 1.807) is 12.3 Å². The zero-order chi connectivity index (χ0) is 13.0. The van der Waals surface area contributed by atoms with Gasteiger partial charge in [0.15, 0.2) is 0 Å². The summed E-state index contributed by atoms with van der Waals surface area (Å²) in [7, 11) is 0. The number of rotatable bonds is 4. The molecule has 94 valence electrons. The Kier molecular flexibility index (Phi) is 4.18. The van der Waals surface area contributed by atoms with Gasteiger partial charge in [-0.15, -0.1) is 0 Å². The predicted octanol–water partition coefficient (Wildman–Crippen LogP) is 3.58. The van der Waals surface area contributed by atoms with Crippen LogP contribution in [0.1, 0.15) is 18.1 Å². The largest absolute Gasteiger partial charge is 0.438 e. The molecule has 1 aromatic heterocycles. The van der Waals surface area contributed by atoms with Crippen molar-refractivity contribution in [3.63, 3.8) is 0 Å². The van der Waals surface area contributed by atoms with E-state index in [9.17, 15) is 0 Å². The lowest BCUT2D eigenvalue weighted by atomic mass is 10.2. The van der Waals surface area contributed by atoms with Crippen molar-refractivity contribution in [2.45, 2.75) is 20.0 Å². The van der Waals surface area contributed by atoms with Gasteiger partial charge in [0.1, 0.15) is 10.8 Å². The molecule has 0 saturated carbocycles. The van der Waals surface area contributed by atoms with Crippen LogP contribution in [0.25, 0.3) is 0 Å². The number of nitrogens with zero attached hydrogens (tertiary/aromatic N) is 1. The number of hydrogen-bond acceptors (Lipinski definition) is 3. The van der Waals surface area contributed by atoms with Crippen LogP contribution in [-0.4, -0.2) is 10.1 Å². The SMILES string of the molecule is CCc1cccc(Oc2ncc(CO)cc2Cl)c1. The molecule has 3 nitrogen and oxygen atoms in total. The van der Waals surface area contributed by atoms with Crippen molar-refractivity contribution < 1.29 is 9.84 Å². The molecule has 0 aliphatic carbocycles. The average molecular weight is 264 g/mol. The third-order valence-corrected chi connectivity index (χ3v) is 2.84. The molecule has 18 heavy (non-hydrogen) atoms. The summed E-state index contributed by atoms with van der Waals surface area (Å²) in [5.41, 5.74) is 1.85. The van der Waals surface area contributed by atoms with Crippen molar-refractivity contribution in [2.75, 3.05) is 0 Å². The molecule has 1 aromatic carbocycles. The van der Waals surface area contributed by atoms with Gasteiger partial charge in [0.2, 0.25) is 5.88 Å². The van der Waals surface area contributed by atoms with Crippen LogP contribution >= 0.6 is 11.6 Å². The molecular weight excluding hydrogens is 250 g/mol. The van der Waals surface area contributed by atoms with Crippen LogP contribution in [-0.2, 0) is 13.0 Å². The van der Waals surface area contributed by atoms with E-state index in [4.69, 9.17) is 21.4 Å². The molecule has 0 bridgehead atoms.